The van der Waals surface area contributed by atoms with Gasteiger partial charge in [-0.3, -0.25) is 19.4 Å². The molecular weight excluding hydrogens is 408 g/mol. The minimum absolute atomic E-state index is 0.0563. The lowest BCUT2D eigenvalue weighted by molar-refractivity contribution is -0.142. The molecule has 2 aromatic heterocycles. The number of nitrogens with zero attached hydrogens (tertiary/aromatic N) is 4. The van der Waals surface area contributed by atoms with Crippen molar-refractivity contribution in [3.05, 3.63) is 46.7 Å². The van der Waals surface area contributed by atoms with E-state index in [1.807, 2.05) is 17.5 Å². The van der Waals surface area contributed by atoms with Crippen molar-refractivity contribution in [1.29, 1.82) is 0 Å². The summed E-state index contributed by atoms with van der Waals surface area (Å²) >= 11 is 1.42. The van der Waals surface area contributed by atoms with Crippen LogP contribution in [-0.4, -0.2) is 76.9 Å². The topological polar surface area (TPSA) is 102 Å². The highest BCUT2D eigenvalue weighted by Gasteiger charge is 2.31. The molecule has 2 aromatic rings. The van der Waals surface area contributed by atoms with Crippen molar-refractivity contribution in [2.45, 2.75) is 25.6 Å². The first-order valence-corrected chi connectivity index (χ1v) is 10.5. The molecule has 1 aliphatic rings. The number of hydrogen-bond donors (Lipinski definition) is 0. The Morgan fingerprint density at radius 1 is 1.27 bits per heavy atom. The second-order valence-corrected chi connectivity index (χ2v) is 7.60. The SMILES string of the molecule is COC(=O)CCN1C[C@H](OCc2ccncc2)CN(C(=O)Cc2cscn2)CC1=O. The van der Waals surface area contributed by atoms with Gasteiger partial charge in [0.2, 0.25) is 11.8 Å². The third-order valence-corrected chi connectivity index (χ3v) is 5.38. The van der Waals surface area contributed by atoms with Gasteiger partial charge in [0.1, 0.15) is 0 Å². The number of amides is 2. The Morgan fingerprint density at radius 3 is 2.77 bits per heavy atom. The maximum Gasteiger partial charge on any atom is 0.307 e. The van der Waals surface area contributed by atoms with Gasteiger partial charge in [0, 0.05) is 37.4 Å². The van der Waals surface area contributed by atoms with Crippen molar-refractivity contribution in [1.82, 2.24) is 19.8 Å². The normalized spacial score (nSPS) is 17.0. The minimum Gasteiger partial charge on any atom is -0.469 e. The van der Waals surface area contributed by atoms with E-state index < -0.39 is 5.97 Å². The van der Waals surface area contributed by atoms with Crippen molar-refractivity contribution in [2.75, 3.05) is 33.3 Å². The lowest BCUT2D eigenvalue weighted by Crippen LogP contribution is -2.40. The highest BCUT2D eigenvalue weighted by atomic mass is 32.1. The number of thiazole rings is 1. The number of methoxy groups -OCH3 is 1. The van der Waals surface area contributed by atoms with Gasteiger partial charge in [0.15, 0.2) is 0 Å². The number of carbonyl (C=O) groups is 3. The van der Waals surface area contributed by atoms with Crippen molar-refractivity contribution in [3.63, 3.8) is 0 Å². The fourth-order valence-corrected chi connectivity index (χ4v) is 3.66. The maximum atomic E-state index is 12.8. The number of ether oxygens (including phenoxy) is 2. The van der Waals surface area contributed by atoms with E-state index in [9.17, 15) is 14.4 Å². The number of pyridine rings is 1. The highest BCUT2D eigenvalue weighted by molar-refractivity contribution is 7.07. The zero-order valence-electron chi connectivity index (χ0n) is 16.7. The summed E-state index contributed by atoms with van der Waals surface area (Å²) in [7, 11) is 1.31. The average molecular weight is 433 g/mol. The largest absolute Gasteiger partial charge is 0.469 e. The van der Waals surface area contributed by atoms with E-state index in [2.05, 4.69) is 14.7 Å². The molecule has 0 saturated carbocycles. The average Bonchev–Trinajstić information content (AvgIpc) is 3.21. The zero-order valence-corrected chi connectivity index (χ0v) is 17.5. The Bertz CT molecular complexity index is 846. The Labute approximate surface area is 178 Å². The van der Waals surface area contributed by atoms with Crippen LogP contribution in [0, 0.1) is 0 Å². The van der Waals surface area contributed by atoms with E-state index in [0.717, 1.165) is 5.56 Å². The van der Waals surface area contributed by atoms with Crippen LogP contribution >= 0.6 is 11.3 Å². The molecule has 0 aliphatic carbocycles. The summed E-state index contributed by atoms with van der Waals surface area (Å²) in [5.41, 5.74) is 3.30. The van der Waals surface area contributed by atoms with Crippen molar-refractivity contribution in [3.8, 4) is 0 Å². The van der Waals surface area contributed by atoms with Crippen LogP contribution in [0.5, 0.6) is 0 Å². The molecule has 1 saturated heterocycles. The van der Waals surface area contributed by atoms with E-state index >= 15 is 0 Å². The van der Waals surface area contributed by atoms with Gasteiger partial charge in [0.05, 0.1) is 50.4 Å². The molecule has 3 rings (SSSR count). The first-order chi connectivity index (χ1) is 14.5. The number of aromatic nitrogens is 2. The lowest BCUT2D eigenvalue weighted by Gasteiger charge is -2.24. The molecule has 1 atom stereocenters. The fourth-order valence-electron chi connectivity index (χ4n) is 3.10. The zero-order chi connectivity index (χ0) is 21.3. The summed E-state index contributed by atoms with van der Waals surface area (Å²) in [5, 5.41) is 1.82. The van der Waals surface area contributed by atoms with Gasteiger partial charge < -0.3 is 19.3 Å². The summed E-state index contributed by atoms with van der Waals surface area (Å²) < 4.78 is 10.7. The van der Waals surface area contributed by atoms with E-state index in [0.29, 0.717) is 18.8 Å². The van der Waals surface area contributed by atoms with Crippen LogP contribution in [0.15, 0.2) is 35.4 Å². The standard InChI is InChI=1S/C20H24N4O5S/c1-28-20(27)4-7-23-9-17(29-12-15-2-5-21-6-3-15)10-24(11-19(23)26)18(25)8-16-13-30-14-22-16/h2-3,5-6,13-14,17H,4,7-12H2,1H3/t17-/m0/s1. The van der Waals surface area contributed by atoms with Crippen molar-refractivity contribution in [2.24, 2.45) is 0 Å². The van der Waals surface area contributed by atoms with E-state index in [-0.39, 0.29) is 50.4 Å². The first-order valence-electron chi connectivity index (χ1n) is 9.55. The summed E-state index contributed by atoms with van der Waals surface area (Å²) in [6.07, 6.45) is 3.20. The summed E-state index contributed by atoms with van der Waals surface area (Å²) in [6, 6.07) is 3.70. The van der Waals surface area contributed by atoms with Gasteiger partial charge in [0.25, 0.3) is 0 Å². The molecule has 160 valence electrons. The van der Waals surface area contributed by atoms with Gasteiger partial charge in [-0.15, -0.1) is 11.3 Å². The monoisotopic (exact) mass is 432 g/mol. The molecule has 1 fully saturated rings. The third kappa shape index (κ3) is 6.33. The number of carbonyl (C=O) groups excluding carboxylic acids is 3. The van der Waals surface area contributed by atoms with Crippen LogP contribution in [0.4, 0.5) is 0 Å². The van der Waals surface area contributed by atoms with Crippen LogP contribution in [0.3, 0.4) is 0 Å². The molecule has 2 amide bonds. The van der Waals surface area contributed by atoms with Crippen LogP contribution in [-0.2, 0) is 36.9 Å². The first kappa shape index (κ1) is 21.8. The van der Waals surface area contributed by atoms with Crippen LogP contribution in [0.25, 0.3) is 0 Å². The molecule has 0 bridgehead atoms. The number of esters is 1. The van der Waals surface area contributed by atoms with Crippen molar-refractivity contribution < 1.29 is 23.9 Å². The van der Waals surface area contributed by atoms with Gasteiger partial charge in [-0.1, -0.05) is 0 Å². The molecule has 0 unspecified atom stereocenters. The Morgan fingerprint density at radius 2 is 2.07 bits per heavy atom. The van der Waals surface area contributed by atoms with Crippen LogP contribution in [0.1, 0.15) is 17.7 Å². The van der Waals surface area contributed by atoms with E-state index in [1.165, 1.54) is 23.3 Å². The number of hydrogen-bond acceptors (Lipinski definition) is 8. The molecule has 0 spiro atoms. The molecule has 1 aliphatic heterocycles. The van der Waals surface area contributed by atoms with Crippen LogP contribution < -0.4 is 0 Å². The second-order valence-electron chi connectivity index (χ2n) is 6.89. The number of rotatable bonds is 8. The minimum atomic E-state index is -0.391. The van der Waals surface area contributed by atoms with E-state index in [4.69, 9.17) is 4.74 Å². The molecular formula is C20H24N4O5S. The van der Waals surface area contributed by atoms with Gasteiger partial charge in [-0.2, -0.15) is 0 Å². The summed E-state index contributed by atoms with van der Waals surface area (Å²) in [4.78, 5) is 48.3. The molecule has 0 aromatic carbocycles. The highest BCUT2D eigenvalue weighted by Crippen LogP contribution is 2.13. The predicted molar refractivity (Wildman–Crippen MR) is 108 cm³/mol. The van der Waals surface area contributed by atoms with Gasteiger partial charge in [-0.05, 0) is 17.7 Å². The fraction of sp³-hybridized carbons (Fsp3) is 0.450. The molecule has 30 heavy (non-hydrogen) atoms. The molecule has 3 heterocycles. The third-order valence-electron chi connectivity index (χ3n) is 4.74. The lowest BCUT2D eigenvalue weighted by atomic mass is 10.2. The predicted octanol–water partition coefficient (Wildman–Crippen LogP) is 0.900. The van der Waals surface area contributed by atoms with Gasteiger partial charge >= 0.3 is 5.97 Å². The second kappa shape index (κ2) is 10.8. The summed E-state index contributed by atoms with van der Waals surface area (Å²) in [6.45, 7) is 1.07. The Kier molecular flexibility index (Phi) is 7.86. The maximum absolute atomic E-state index is 12.8. The smallest absolute Gasteiger partial charge is 0.307 e. The molecule has 0 N–H and O–H groups in total. The van der Waals surface area contributed by atoms with Gasteiger partial charge in [-0.25, -0.2) is 4.98 Å². The van der Waals surface area contributed by atoms with Crippen LogP contribution in [0.2, 0.25) is 0 Å². The Balaban J connectivity index is 1.69. The summed E-state index contributed by atoms with van der Waals surface area (Å²) in [5.74, 6) is -0.792. The van der Waals surface area contributed by atoms with E-state index in [1.54, 1.807) is 22.8 Å². The quantitative estimate of drug-likeness (QED) is 0.571. The van der Waals surface area contributed by atoms with Crippen molar-refractivity contribution >= 4 is 29.1 Å². The molecule has 9 nitrogen and oxygen atoms in total. The Hall–Kier alpha value is -2.85. The molecule has 0 radical (unpaired) electrons. The molecule has 10 heteroatoms.